The second kappa shape index (κ2) is 10.3. The smallest absolute Gasteiger partial charge is 0.259 e. The average molecular weight is 493 g/mol. The van der Waals surface area contributed by atoms with Gasteiger partial charge in [-0.1, -0.05) is 26.0 Å². The van der Waals surface area contributed by atoms with Crippen LogP contribution in [0.4, 0.5) is 5.95 Å². The lowest BCUT2D eigenvalue weighted by molar-refractivity contribution is -0.116. The summed E-state index contributed by atoms with van der Waals surface area (Å²) in [5.41, 5.74) is 2.97. The SMILES string of the molecule is CCN(CC)CCn1c(NC(=O)CCc2nc3sc4c(c3c(=O)[nH]2)CCCC4)nc2ccccc21. The van der Waals surface area contributed by atoms with Crippen LogP contribution >= 0.6 is 11.3 Å². The van der Waals surface area contributed by atoms with Crippen molar-refractivity contribution >= 4 is 44.4 Å². The van der Waals surface area contributed by atoms with Gasteiger partial charge in [0.15, 0.2) is 0 Å². The minimum Gasteiger partial charge on any atom is -0.310 e. The highest BCUT2D eigenvalue weighted by Crippen LogP contribution is 2.33. The number of aromatic amines is 1. The summed E-state index contributed by atoms with van der Waals surface area (Å²) in [6, 6.07) is 7.94. The van der Waals surface area contributed by atoms with E-state index in [4.69, 9.17) is 4.98 Å². The van der Waals surface area contributed by atoms with E-state index in [0.717, 1.165) is 66.7 Å². The van der Waals surface area contributed by atoms with Gasteiger partial charge >= 0.3 is 0 Å². The third kappa shape index (κ3) is 4.88. The summed E-state index contributed by atoms with van der Waals surface area (Å²) in [4.78, 5) is 42.4. The Morgan fingerprint density at radius 2 is 1.97 bits per heavy atom. The molecule has 1 aliphatic carbocycles. The lowest BCUT2D eigenvalue weighted by Gasteiger charge is -2.19. The molecule has 8 nitrogen and oxygen atoms in total. The zero-order valence-corrected chi connectivity index (χ0v) is 21.2. The number of anilines is 1. The van der Waals surface area contributed by atoms with Gasteiger partial charge in [0.05, 0.1) is 16.4 Å². The number of carbonyl (C=O) groups is 1. The minimum atomic E-state index is -0.141. The zero-order chi connectivity index (χ0) is 24.4. The molecule has 35 heavy (non-hydrogen) atoms. The Labute approximate surface area is 208 Å². The predicted molar refractivity (Wildman–Crippen MR) is 141 cm³/mol. The molecule has 0 fully saturated rings. The van der Waals surface area contributed by atoms with Gasteiger partial charge in [-0.3, -0.25) is 14.9 Å². The van der Waals surface area contributed by atoms with Crippen molar-refractivity contribution in [2.24, 2.45) is 0 Å². The second-order valence-corrected chi connectivity index (χ2v) is 10.1. The van der Waals surface area contributed by atoms with Crippen LogP contribution in [0, 0.1) is 0 Å². The molecular formula is C26H32N6O2S. The number of aromatic nitrogens is 4. The van der Waals surface area contributed by atoms with E-state index in [1.807, 2.05) is 24.3 Å². The third-order valence-corrected chi connectivity index (χ3v) is 8.09. The van der Waals surface area contributed by atoms with Crippen LogP contribution < -0.4 is 10.9 Å². The molecular weight excluding hydrogens is 460 g/mol. The average Bonchev–Trinajstić information content (AvgIpc) is 3.41. The summed E-state index contributed by atoms with van der Waals surface area (Å²) >= 11 is 1.63. The number of imidazole rings is 1. The standard InChI is InChI=1S/C26H32N6O2S/c1-3-31(4-2)15-16-32-19-11-7-6-10-18(19)27-26(32)30-22(33)14-13-21-28-24(34)23-17-9-5-8-12-20(17)35-25(23)29-21/h6-7,10-11H,3-5,8-9,12-16H2,1-2H3,(H,27,30,33)(H,28,29,34). The van der Waals surface area contributed by atoms with Crippen molar-refractivity contribution in [3.05, 3.63) is 50.9 Å². The molecule has 9 heteroatoms. The Kier molecular flexibility index (Phi) is 6.97. The first-order chi connectivity index (χ1) is 17.1. The van der Waals surface area contributed by atoms with Crippen molar-refractivity contribution in [3.63, 3.8) is 0 Å². The van der Waals surface area contributed by atoms with Crippen molar-refractivity contribution in [2.75, 3.05) is 25.0 Å². The first kappa shape index (κ1) is 23.7. The number of likely N-dealkylation sites (N-methyl/N-ethyl adjacent to an activating group) is 1. The number of hydrogen-bond donors (Lipinski definition) is 2. The monoisotopic (exact) mass is 492 g/mol. The number of para-hydroxylation sites is 2. The van der Waals surface area contributed by atoms with E-state index in [1.165, 1.54) is 16.9 Å². The Morgan fingerprint density at radius 3 is 2.80 bits per heavy atom. The number of hydrogen-bond acceptors (Lipinski definition) is 6. The molecule has 0 aliphatic heterocycles. The lowest BCUT2D eigenvalue weighted by atomic mass is 9.97. The van der Waals surface area contributed by atoms with Crippen molar-refractivity contribution in [2.45, 2.75) is 58.9 Å². The van der Waals surface area contributed by atoms with E-state index in [0.29, 0.717) is 18.2 Å². The number of benzene rings is 1. The fraction of sp³-hybridized carbons (Fsp3) is 0.462. The van der Waals surface area contributed by atoms with Crippen molar-refractivity contribution in [3.8, 4) is 0 Å². The van der Waals surface area contributed by atoms with Crippen LogP contribution in [0.25, 0.3) is 21.3 Å². The van der Waals surface area contributed by atoms with E-state index >= 15 is 0 Å². The number of thiophene rings is 1. The molecule has 5 rings (SSSR count). The van der Waals surface area contributed by atoms with E-state index in [-0.39, 0.29) is 17.9 Å². The molecule has 0 bridgehead atoms. The van der Waals surface area contributed by atoms with Crippen LogP contribution in [0.15, 0.2) is 29.1 Å². The molecule has 0 unspecified atom stereocenters. The molecule has 4 aromatic rings. The zero-order valence-electron chi connectivity index (χ0n) is 20.4. The third-order valence-electron chi connectivity index (χ3n) is 6.90. The molecule has 1 amide bonds. The largest absolute Gasteiger partial charge is 0.310 e. The van der Waals surface area contributed by atoms with E-state index in [2.05, 4.69) is 38.6 Å². The summed E-state index contributed by atoms with van der Waals surface area (Å²) in [5.74, 6) is 0.982. The lowest BCUT2D eigenvalue weighted by Crippen LogP contribution is -2.27. The number of nitrogens with zero attached hydrogens (tertiary/aromatic N) is 4. The van der Waals surface area contributed by atoms with Gasteiger partial charge in [0.1, 0.15) is 10.7 Å². The molecule has 3 heterocycles. The minimum absolute atomic E-state index is 0.0806. The molecule has 184 valence electrons. The summed E-state index contributed by atoms with van der Waals surface area (Å²) in [7, 11) is 0. The van der Waals surface area contributed by atoms with E-state index in [1.54, 1.807) is 11.3 Å². The van der Waals surface area contributed by atoms with Crippen LogP contribution in [0.1, 0.15) is 49.4 Å². The Bertz CT molecular complexity index is 1410. The quantitative estimate of drug-likeness (QED) is 0.366. The van der Waals surface area contributed by atoms with Gasteiger partial charge in [0.2, 0.25) is 11.9 Å². The summed E-state index contributed by atoms with van der Waals surface area (Å²) in [6.07, 6.45) is 4.88. The topological polar surface area (TPSA) is 95.9 Å². The molecule has 2 N–H and O–H groups in total. The fourth-order valence-electron chi connectivity index (χ4n) is 4.92. The number of H-pyrrole nitrogens is 1. The predicted octanol–water partition coefficient (Wildman–Crippen LogP) is 4.13. The molecule has 0 radical (unpaired) electrons. The normalized spacial score (nSPS) is 13.6. The molecule has 0 atom stereocenters. The molecule has 1 aliphatic rings. The highest BCUT2D eigenvalue weighted by molar-refractivity contribution is 7.18. The molecule has 0 spiro atoms. The number of rotatable bonds is 9. The maximum absolute atomic E-state index is 12.9. The number of amides is 1. The van der Waals surface area contributed by atoms with Crippen molar-refractivity contribution < 1.29 is 4.79 Å². The molecule has 3 aromatic heterocycles. The van der Waals surface area contributed by atoms with Crippen LogP contribution in [-0.4, -0.2) is 50.0 Å². The van der Waals surface area contributed by atoms with Crippen LogP contribution in [0.2, 0.25) is 0 Å². The summed E-state index contributed by atoms with van der Waals surface area (Å²) < 4.78 is 2.08. The maximum atomic E-state index is 12.9. The number of carbonyl (C=O) groups excluding carboxylic acids is 1. The van der Waals surface area contributed by atoms with Gasteiger partial charge in [-0.2, -0.15) is 0 Å². The number of fused-ring (bicyclic) bond motifs is 4. The van der Waals surface area contributed by atoms with Gasteiger partial charge in [0.25, 0.3) is 5.56 Å². The molecule has 0 saturated carbocycles. The Balaban J connectivity index is 1.31. The van der Waals surface area contributed by atoms with Gasteiger partial charge < -0.3 is 14.5 Å². The Hall–Kier alpha value is -3.04. The molecule has 0 saturated heterocycles. The van der Waals surface area contributed by atoms with Gasteiger partial charge in [-0.05, 0) is 56.5 Å². The highest BCUT2D eigenvalue weighted by atomic mass is 32.1. The fourth-order valence-corrected chi connectivity index (χ4v) is 6.21. The number of aryl methyl sites for hydroxylation is 3. The maximum Gasteiger partial charge on any atom is 0.259 e. The Morgan fingerprint density at radius 1 is 1.17 bits per heavy atom. The van der Waals surface area contributed by atoms with Crippen LogP contribution in [0.3, 0.4) is 0 Å². The van der Waals surface area contributed by atoms with E-state index in [9.17, 15) is 9.59 Å². The van der Waals surface area contributed by atoms with Crippen molar-refractivity contribution in [1.29, 1.82) is 0 Å². The highest BCUT2D eigenvalue weighted by Gasteiger charge is 2.20. The first-order valence-corrected chi connectivity index (χ1v) is 13.4. The van der Waals surface area contributed by atoms with Crippen LogP contribution in [0.5, 0.6) is 0 Å². The first-order valence-electron chi connectivity index (χ1n) is 12.6. The van der Waals surface area contributed by atoms with Gasteiger partial charge in [-0.15, -0.1) is 11.3 Å². The van der Waals surface area contributed by atoms with Gasteiger partial charge in [0, 0.05) is 30.8 Å². The van der Waals surface area contributed by atoms with Gasteiger partial charge in [-0.25, -0.2) is 9.97 Å². The van der Waals surface area contributed by atoms with Crippen molar-refractivity contribution in [1.82, 2.24) is 24.4 Å². The summed E-state index contributed by atoms with van der Waals surface area (Å²) in [6.45, 7) is 7.89. The molecule has 1 aromatic carbocycles. The second-order valence-electron chi connectivity index (χ2n) is 9.05. The summed E-state index contributed by atoms with van der Waals surface area (Å²) in [5, 5.41) is 3.75. The van der Waals surface area contributed by atoms with Crippen LogP contribution in [-0.2, 0) is 30.6 Å². The number of nitrogens with one attached hydrogen (secondary N) is 2. The van der Waals surface area contributed by atoms with E-state index < -0.39 is 0 Å².